The van der Waals surface area contributed by atoms with Gasteiger partial charge in [0.05, 0.1) is 6.04 Å². The molecule has 0 aliphatic heterocycles. The molecule has 0 aliphatic carbocycles. The molecule has 0 aliphatic rings. The minimum Gasteiger partial charge on any atom is -0.465 e. The number of rotatable bonds is 7. The van der Waals surface area contributed by atoms with Crippen molar-refractivity contribution in [3.8, 4) is 0 Å². The molecule has 0 spiro atoms. The van der Waals surface area contributed by atoms with Crippen molar-refractivity contribution in [3.05, 3.63) is 23.7 Å². The fourth-order valence-corrected chi connectivity index (χ4v) is 1.68. The van der Waals surface area contributed by atoms with E-state index in [1.165, 1.54) is 0 Å². The molecule has 0 fully saturated rings. The number of hydrogen-bond donors (Lipinski definition) is 1. The Balaban J connectivity index is 2.39. The van der Waals surface area contributed by atoms with Gasteiger partial charge in [0.15, 0.2) is 0 Å². The molecule has 0 saturated heterocycles. The van der Waals surface area contributed by atoms with E-state index in [4.69, 9.17) is 9.15 Å². The van der Waals surface area contributed by atoms with Crippen LogP contribution < -0.4 is 5.32 Å². The third-order valence-electron chi connectivity index (χ3n) is 3.06. The molecule has 0 amide bonds. The molecule has 1 unspecified atom stereocenters. The summed E-state index contributed by atoms with van der Waals surface area (Å²) >= 11 is 0. The van der Waals surface area contributed by atoms with Gasteiger partial charge in [-0.25, -0.2) is 0 Å². The standard InChI is InChI=1S/C14H25NO2/c1-11-6-7-13(17-11)12(2)15-10-14(3,4)8-9-16-5/h6-7,12,15H,8-10H2,1-5H3. The fourth-order valence-electron chi connectivity index (χ4n) is 1.68. The van der Waals surface area contributed by atoms with E-state index < -0.39 is 0 Å². The van der Waals surface area contributed by atoms with Crippen molar-refractivity contribution >= 4 is 0 Å². The molecule has 3 nitrogen and oxygen atoms in total. The van der Waals surface area contributed by atoms with Gasteiger partial charge in [0.2, 0.25) is 0 Å². The lowest BCUT2D eigenvalue weighted by Crippen LogP contribution is -2.32. The van der Waals surface area contributed by atoms with E-state index in [0.29, 0.717) is 0 Å². The molecule has 1 atom stereocenters. The molecule has 0 saturated carbocycles. The highest BCUT2D eigenvalue weighted by atomic mass is 16.5. The number of ether oxygens (including phenoxy) is 1. The lowest BCUT2D eigenvalue weighted by atomic mass is 9.89. The monoisotopic (exact) mass is 239 g/mol. The second-order valence-electron chi connectivity index (χ2n) is 5.46. The Labute approximate surface area is 105 Å². The molecule has 1 heterocycles. The first-order chi connectivity index (χ1) is 7.94. The van der Waals surface area contributed by atoms with Crippen LogP contribution in [0.25, 0.3) is 0 Å². The second-order valence-corrected chi connectivity index (χ2v) is 5.46. The predicted molar refractivity (Wildman–Crippen MR) is 70.1 cm³/mol. The quantitative estimate of drug-likeness (QED) is 0.792. The van der Waals surface area contributed by atoms with E-state index in [2.05, 4.69) is 26.1 Å². The summed E-state index contributed by atoms with van der Waals surface area (Å²) in [5, 5.41) is 3.51. The first-order valence-electron chi connectivity index (χ1n) is 6.23. The molecule has 17 heavy (non-hydrogen) atoms. The Morgan fingerprint density at radius 1 is 1.41 bits per heavy atom. The van der Waals surface area contributed by atoms with Gasteiger partial charge in [0.1, 0.15) is 11.5 Å². The maximum atomic E-state index is 5.60. The van der Waals surface area contributed by atoms with Crippen LogP contribution in [-0.4, -0.2) is 20.3 Å². The van der Waals surface area contributed by atoms with E-state index >= 15 is 0 Å². The van der Waals surface area contributed by atoms with Gasteiger partial charge in [-0.1, -0.05) is 13.8 Å². The van der Waals surface area contributed by atoms with E-state index in [-0.39, 0.29) is 11.5 Å². The van der Waals surface area contributed by atoms with Crippen LogP contribution in [-0.2, 0) is 4.74 Å². The minimum atomic E-state index is 0.242. The van der Waals surface area contributed by atoms with Gasteiger partial charge in [-0.2, -0.15) is 0 Å². The summed E-state index contributed by atoms with van der Waals surface area (Å²) in [6.45, 7) is 10.4. The maximum Gasteiger partial charge on any atom is 0.120 e. The lowest BCUT2D eigenvalue weighted by molar-refractivity contribution is 0.148. The van der Waals surface area contributed by atoms with Gasteiger partial charge in [0, 0.05) is 20.3 Å². The molecule has 1 aromatic rings. The zero-order chi connectivity index (χ0) is 12.9. The predicted octanol–water partition coefficient (Wildman–Crippen LogP) is 3.30. The van der Waals surface area contributed by atoms with E-state index in [1.807, 2.05) is 19.1 Å². The zero-order valence-electron chi connectivity index (χ0n) is 11.7. The Morgan fingerprint density at radius 2 is 2.12 bits per heavy atom. The van der Waals surface area contributed by atoms with Crippen molar-refractivity contribution in [1.82, 2.24) is 5.32 Å². The summed E-state index contributed by atoms with van der Waals surface area (Å²) in [5.41, 5.74) is 0.242. The largest absolute Gasteiger partial charge is 0.465 e. The van der Waals surface area contributed by atoms with Crippen LogP contribution in [0, 0.1) is 12.3 Å². The van der Waals surface area contributed by atoms with Crippen molar-refractivity contribution in [2.75, 3.05) is 20.3 Å². The third kappa shape index (κ3) is 4.92. The van der Waals surface area contributed by atoms with Crippen LogP contribution in [0.15, 0.2) is 16.5 Å². The number of hydrogen-bond acceptors (Lipinski definition) is 3. The van der Waals surface area contributed by atoms with Gasteiger partial charge >= 0.3 is 0 Å². The maximum absolute atomic E-state index is 5.60. The van der Waals surface area contributed by atoms with E-state index in [9.17, 15) is 0 Å². The van der Waals surface area contributed by atoms with Crippen LogP contribution in [0.2, 0.25) is 0 Å². The van der Waals surface area contributed by atoms with Gasteiger partial charge in [-0.15, -0.1) is 0 Å². The number of aryl methyl sites for hydroxylation is 1. The van der Waals surface area contributed by atoms with Crippen molar-refractivity contribution in [3.63, 3.8) is 0 Å². The molecule has 0 radical (unpaired) electrons. The molecule has 0 bridgehead atoms. The van der Waals surface area contributed by atoms with E-state index in [0.717, 1.165) is 31.1 Å². The zero-order valence-corrected chi connectivity index (χ0v) is 11.7. The smallest absolute Gasteiger partial charge is 0.120 e. The molecule has 98 valence electrons. The SMILES string of the molecule is COCCC(C)(C)CNC(C)c1ccc(C)o1. The second kappa shape index (κ2) is 6.22. The van der Waals surface area contributed by atoms with Crippen LogP contribution >= 0.6 is 0 Å². The summed E-state index contributed by atoms with van der Waals surface area (Å²) in [6, 6.07) is 4.30. The molecule has 1 aromatic heterocycles. The minimum absolute atomic E-state index is 0.242. The average Bonchev–Trinajstić information content (AvgIpc) is 2.70. The first kappa shape index (κ1) is 14.3. The van der Waals surface area contributed by atoms with Crippen molar-refractivity contribution in [2.24, 2.45) is 5.41 Å². The molecule has 3 heteroatoms. The van der Waals surface area contributed by atoms with E-state index in [1.54, 1.807) is 7.11 Å². The van der Waals surface area contributed by atoms with Crippen LogP contribution in [0.1, 0.15) is 44.8 Å². The normalized spacial score (nSPS) is 13.9. The van der Waals surface area contributed by atoms with Gasteiger partial charge < -0.3 is 14.5 Å². The molecular weight excluding hydrogens is 214 g/mol. The Hall–Kier alpha value is -0.800. The van der Waals surface area contributed by atoms with Crippen molar-refractivity contribution in [1.29, 1.82) is 0 Å². The third-order valence-corrected chi connectivity index (χ3v) is 3.06. The molecular formula is C14H25NO2. The summed E-state index contributed by atoms with van der Waals surface area (Å²) in [5.74, 6) is 1.97. The lowest BCUT2D eigenvalue weighted by Gasteiger charge is -2.26. The number of methoxy groups -OCH3 is 1. The number of nitrogens with one attached hydrogen (secondary N) is 1. The fraction of sp³-hybridized carbons (Fsp3) is 0.714. The topological polar surface area (TPSA) is 34.4 Å². The summed E-state index contributed by atoms with van der Waals surface area (Å²) < 4.78 is 10.7. The highest BCUT2D eigenvalue weighted by Crippen LogP contribution is 2.22. The Bertz CT molecular complexity index is 331. The highest BCUT2D eigenvalue weighted by Gasteiger charge is 2.19. The Morgan fingerprint density at radius 3 is 2.65 bits per heavy atom. The van der Waals surface area contributed by atoms with Gasteiger partial charge in [-0.05, 0) is 37.8 Å². The van der Waals surface area contributed by atoms with Gasteiger partial charge in [0.25, 0.3) is 0 Å². The first-order valence-corrected chi connectivity index (χ1v) is 6.23. The summed E-state index contributed by atoms with van der Waals surface area (Å²) in [7, 11) is 1.75. The molecule has 0 aromatic carbocycles. The molecule has 1 rings (SSSR count). The number of furan rings is 1. The highest BCUT2D eigenvalue weighted by molar-refractivity contribution is 5.08. The van der Waals surface area contributed by atoms with Crippen LogP contribution in [0.5, 0.6) is 0 Å². The summed E-state index contributed by atoms with van der Waals surface area (Å²) in [4.78, 5) is 0. The van der Waals surface area contributed by atoms with Crippen LogP contribution in [0.4, 0.5) is 0 Å². The molecule has 1 N–H and O–H groups in total. The van der Waals surface area contributed by atoms with Crippen molar-refractivity contribution in [2.45, 2.75) is 40.2 Å². The average molecular weight is 239 g/mol. The Kier molecular flexibility index (Phi) is 5.22. The van der Waals surface area contributed by atoms with Crippen molar-refractivity contribution < 1.29 is 9.15 Å². The van der Waals surface area contributed by atoms with Crippen LogP contribution in [0.3, 0.4) is 0 Å². The summed E-state index contributed by atoms with van der Waals surface area (Å²) in [6.07, 6.45) is 1.06. The van der Waals surface area contributed by atoms with Gasteiger partial charge in [-0.3, -0.25) is 0 Å².